The first kappa shape index (κ1) is 19.2. The van der Waals surface area contributed by atoms with E-state index in [0.29, 0.717) is 11.4 Å². The number of amides is 1. The zero-order chi connectivity index (χ0) is 19.4. The van der Waals surface area contributed by atoms with Crippen LogP contribution in [0, 0.1) is 0 Å². The van der Waals surface area contributed by atoms with Crippen molar-refractivity contribution in [2.24, 2.45) is 0 Å². The standard InChI is InChI=1S/C18H13Cl2N3O3S/c19-14-4-3-5-15(20)17(14)27(25,26)23-13-9-7-12(8-10-13)22-18(24)16-6-1-2-11-21-16/h1-11,23H,(H,22,24). The minimum Gasteiger partial charge on any atom is -0.321 e. The van der Waals surface area contributed by atoms with Gasteiger partial charge in [0.05, 0.1) is 10.0 Å². The zero-order valence-corrected chi connectivity index (χ0v) is 16.0. The summed E-state index contributed by atoms with van der Waals surface area (Å²) in [7, 11) is -3.96. The van der Waals surface area contributed by atoms with Gasteiger partial charge in [0.1, 0.15) is 10.6 Å². The molecule has 0 radical (unpaired) electrons. The number of carbonyl (C=O) groups is 1. The second-order valence-electron chi connectivity index (χ2n) is 5.40. The number of rotatable bonds is 5. The highest BCUT2D eigenvalue weighted by atomic mass is 35.5. The quantitative estimate of drug-likeness (QED) is 0.636. The summed E-state index contributed by atoms with van der Waals surface area (Å²) in [5, 5.41) is 2.72. The van der Waals surface area contributed by atoms with E-state index in [1.807, 2.05) is 0 Å². The lowest BCUT2D eigenvalue weighted by Gasteiger charge is -2.11. The van der Waals surface area contributed by atoms with Crippen LogP contribution in [0.1, 0.15) is 10.5 Å². The number of anilines is 2. The summed E-state index contributed by atoms with van der Waals surface area (Å²) in [5.41, 5.74) is 1.06. The molecule has 138 valence electrons. The Bertz CT molecular complexity index is 1050. The normalized spacial score (nSPS) is 11.0. The highest BCUT2D eigenvalue weighted by molar-refractivity contribution is 7.93. The Kier molecular flexibility index (Phi) is 5.65. The molecular weight excluding hydrogens is 409 g/mol. The second-order valence-corrected chi connectivity index (χ2v) is 7.84. The maximum atomic E-state index is 12.5. The van der Waals surface area contributed by atoms with Gasteiger partial charge in [-0.1, -0.05) is 35.3 Å². The van der Waals surface area contributed by atoms with Crippen LogP contribution in [0.15, 0.2) is 71.8 Å². The van der Waals surface area contributed by atoms with Crippen LogP contribution in [-0.2, 0) is 10.0 Å². The molecule has 0 aliphatic heterocycles. The van der Waals surface area contributed by atoms with E-state index in [4.69, 9.17) is 23.2 Å². The van der Waals surface area contributed by atoms with E-state index in [2.05, 4.69) is 15.0 Å². The molecule has 3 rings (SSSR count). The van der Waals surface area contributed by atoms with Gasteiger partial charge in [-0.15, -0.1) is 0 Å². The molecule has 0 fully saturated rings. The number of aromatic nitrogens is 1. The van der Waals surface area contributed by atoms with Gasteiger partial charge in [-0.05, 0) is 48.5 Å². The van der Waals surface area contributed by atoms with Crippen molar-refractivity contribution < 1.29 is 13.2 Å². The fraction of sp³-hybridized carbons (Fsp3) is 0. The van der Waals surface area contributed by atoms with E-state index in [-0.39, 0.29) is 26.5 Å². The highest BCUT2D eigenvalue weighted by Crippen LogP contribution is 2.30. The van der Waals surface area contributed by atoms with Crippen molar-refractivity contribution in [2.45, 2.75) is 4.90 Å². The third kappa shape index (κ3) is 4.57. The molecule has 1 heterocycles. The molecule has 0 aliphatic rings. The molecule has 1 aromatic heterocycles. The maximum Gasteiger partial charge on any atom is 0.274 e. The number of benzene rings is 2. The summed E-state index contributed by atoms with van der Waals surface area (Å²) in [6.45, 7) is 0. The van der Waals surface area contributed by atoms with Gasteiger partial charge in [0.2, 0.25) is 0 Å². The predicted molar refractivity (Wildman–Crippen MR) is 106 cm³/mol. The molecule has 0 aliphatic carbocycles. The van der Waals surface area contributed by atoms with Crippen molar-refractivity contribution in [1.82, 2.24) is 4.98 Å². The largest absolute Gasteiger partial charge is 0.321 e. The van der Waals surface area contributed by atoms with Gasteiger partial charge in [0.15, 0.2) is 0 Å². The fourth-order valence-electron chi connectivity index (χ4n) is 2.26. The smallest absolute Gasteiger partial charge is 0.274 e. The van der Waals surface area contributed by atoms with Crippen molar-refractivity contribution >= 4 is 50.5 Å². The van der Waals surface area contributed by atoms with Crippen LogP contribution in [0.5, 0.6) is 0 Å². The van der Waals surface area contributed by atoms with Gasteiger partial charge in [-0.2, -0.15) is 0 Å². The van der Waals surface area contributed by atoms with Crippen LogP contribution >= 0.6 is 23.2 Å². The summed E-state index contributed by atoms with van der Waals surface area (Å²) >= 11 is 11.9. The Morgan fingerprint density at radius 2 is 1.48 bits per heavy atom. The number of nitrogens with one attached hydrogen (secondary N) is 2. The number of nitrogens with zero attached hydrogens (tertiary/aromatic N) is 1. The number of hydrogen-bond acceptors (Lipinski definition) is 4. The van der Waals surface area contributed by atoms with Crippen LogP contribution in [-0.4, -0.2) is 19.3 Å². The first-order valence-electron chi connectivity index (χ1n) is 7.66. The van der Waals surface area contributed by atoms with Gasteiger partial charge in [-0.3, -0.25) is 14.5 Å². The molecule has 27 heavy (non-hydrogen) atoms. The van der Waals surface area contributed by atoms with Gasteiger partial charge in [0, 0.05) is 17.6 Å². The van der Waals surface area contributed by atoms with Crippen LogP contribution in [0.25, 0.3) is 0 Å². The van der Waals surface area contributed by atoms with Gasteiger partial charge in [-0.25, -0.2) is 8.42 Å². The summed E-state index contributed by atoms with van der Waals surface area (Å²) in [6, 6.07) is 15.6. The fourth-order valence-corrected chi connectivity index (χ4v) is 4.46. The van der Waals surface area contributed by atoms with Crippen LogP contribution in [0.3, 0.4) is 0 Å². The van der Waals surface area contributed by atoms with Crippen molar-refractivity contribution in [3.8, 4) is 0 Å². The molecule has 0 saturated carbocycles. The SMILES string of the molecule is O=C(Nc1ccc(NS(=O)(=O)c2c(Cl)cccc2Cl)cc1)c1ccccn1. The molecule has 0 atom stereocenters. The van der Waals surface area contributed by atoms with Crippen molar-refractivity contribution in [2.75, 3.05) is 10.0 Å². The van der Waals surface area contributed by atoms with Crippen LogP contribution < -0.4 is 10.0 Å². The highest BCUT2D eigenvalue weighted by Gasteiger charge is 2.21. The summed E-state index contributed by atoms with van der Waals surface area (Å²) < 4.78 is 27.5. The number of carbonyl (C=O) groups excluding carboxylic acids is 1. The number of hydrogen-bond donors (Lipinski definition) is 2. The van der Waals surface area contributed by atoms with E-state index in [1.165, 1.54) is 30.5 Å². The molecule has 0 saturated heterocycles. The molecule has 1 amide bonds. The molecule has 6 nitrogen and oxygen atoms in total. The Morgan fingerprint density at radius 1 is 0.852 bits per heavy atom. The molecule has 0 bridgehead atoms. The number of pyridine rings is 1. The Hall–Kier alpha value is -2.61. The molecule has 2 N–H and O–H groups in total. The summed E-state index contributed by atoms with van der Waals surface area (Å²) in [5.74, 6) is -0.369. The Morgan fingerprint density at radius 3 is 2.07 bits per heavy atom. The Balaban J connectivity index is 1.75. The van der Waals surface area contributed by atoms with Crippen LogP contribution in [0.2, 0.25) is 10.0 Å². The maximum absolute atomic E-state index is 12.5. The number of sulfonamides is 1. The monoisotopic (exact) mass is 421 g/mol. The van der Waals surface area contributed by atoms with E-state index < -0.39 is 10.0 Å². The van der Waals surface area contributed by atoms with Gasteiger partial charge >= 0.3 is 0 Å². The van der Waals surface area contributed by atoms with Crippen molar-refractivity contribution in [1.29, 1.82) is 0 Å². The average molecular weight is 422 g/mol. The van der Waals surface area contributed by atoms with Gasteiger partial charge < -0.3 is 5.32 Å². The molecule has 3 aromatic rings. The molecule has 0 unspecified atom stereocenters. The van der Waals surface area contributed by atoms with E-state index in [9.17, 15) is 13.2 Å². The topological polar surface area (TPSA) is 88.2 Å². The zero-order valence-electron chi connectivity index (χ0n) is 13.7. The van der Waals surface area contributed by atoms with Crippen LogP contribution in [0.4, 0.5) is 11.4 Å². The first-order valence-corrected chi connectivity index (χ1v) is 9.90. The lowest BCUT2D eigenvalue weighted by Crippen LogP contribution is -2.15. The van der Waals surface area contributed by atoms with E-state index in [1.54, 1.807) is 36.4 Å². The Labute approximate surface area is 166 Å². The first-order chi connectivity index (χ1) is 12.9. The molecular formula is C18H13Cl2N3O3S. The average Bonchev–Trinajstić information content (AvgIpc) is 2.63. The second kappa shape index (κ2) is 7.96. The van der Waals surface area contributed by atoms with Crippen molar-refractivity contribution in [3.63, 3.8) is 0 Å². The third-order valence-electron chi connectivity index (χ3n) is 3.48. The van der Waals surface area contributed by atoms with Crippen molar-refractivity contribution in [3.05, 3.63) is 82.6 Å². The van der Waals surface area contributed by atoms with Gasteiger partial charge in [0.25, 0.3) is 15.9 Å². The minimum atomic E-state index is -3.96. The minimum absolute atomic E-state index is 0.0224. The summed E-state index contributed by atoms with van der Waals surface area (Å²) in [6.07, 6.45) is 1.52. The predicted octanol–water partition coefficient (Wildman–Crippen LogP) is 4.44. The van der Waals surface area contributed by atoms with E-state index in [0.717, 1.165) is 0 Å². The molecule has 9 heteroatoms. The number of halogens is 2. The molecule has 2 aromatic carbocycles. The van der Waals surface area contributed by atoms with E-state index >= 15 is 0 Å². The molecule has 0 spiro atoms. The lowest BCUT2D eigenvalue weighted by atomic mass is 10.2. The summed E-state index contributed by atoms with van der Waals surface area (Å²) in [4.78, 5) is 15.8. The lowest BCUT2D eigenvalue weighted by molar-refractivity contribution is 0.102. The third-order valence-corrected chi connectivity index (χ3v) is 5.82.